The van der Waals surface area contributed by atoms with Crippen molar-refractivity contribution in [1.29, 1.82) is 0 Å². The molecule has 1 atom stereocenters. The fraction of sp³-hybridized carbons (Fsp3) is 0.259. The highest BCUT2D eigenvalue weighted by Gasteiger charge is 2.47. The number of hydrogen-bond donors (Lipinski definition) is 1. The number of aliphatic hydroxyl groups is 1. The third kappa shape index (κ3) is 4.55. The number of furan rings is 1. The van der Waals surface area contributed by atoms with Crippen LogP contribution in [0.5, 0.6) is 11.5 Å². The van der Waals surface area contributed by atoms with Gasteiger partial charge in [0.1, 0.15) is 34.8 Å². The van der Waals surface area contributed by atoms with E-state index in [9.17, 15) is 14.7 Å². The van der Waals surface area contributed by atoms with Gasteiger partial charge in [-0.1, -0.05) is 19.1 Å². The number of carbonyl (C=O) groups is 2. The van der Waals surface area contributed by atoms with Crippen molar-refractivity contribution in [3.63, 3.8) is 0 Å². The number of Topliss-reactive ketones (excluding diaryl/α,β-unsaturated/α-hetero) is 1. The highest BCUT2D eigenvalue weighted by molar-refractivity contribution is 6.46. The minimum Gasteiger partial charge on any atom is -0.507 e. The van der Waals surface area contributed by atoms with Gasteiger partial charge in [0.25, 0.3) is 11.7 Å². The van der Waals surface area contributed by atoms with E-state index < -0.39 is 17.7 Å². The summed E-state index contributed by atoms with van der Waals surface area (Å²) in [5.41, 5.74) is 1.23. The van der Waals surface area contributed by atoms with Crippen molar-refractivity contribution in [2.75, 3.05) is 13.7 Å². The predicted octanol–water partition coefficient (Wildman–Crippen LogP) is 5.01. The fourth-order valence-electron chi connectivity index (χ4n) is 3.95. The molecule has 2 heterocycles. The van der Waals surface area contributed by atoms with Gasteiger partial charge in [-0.25, -0.2) is 0 Å². The van der Waals surface area contributed by atoms with Gasteiger partial charge >= 0.3 is 0 Å². The molecule has 1 unspecified atom stereocenters. The minimum absolute atomic E-state index is 0.00455. The largest absolute Gasteiger partial charge is 0.507 e. The van der Waals surface area contributed by atoms with Crippen LogP contribution >= 0.6 is 0 Å². The van der Waals surface area contributed by atoms with Gasteiger partial charge in [-0.15, -0.1) is 0 Å². The van der Waals surface area contributed by atoms with Crippen LogP contribution in [0.15, 0.2) is 70.7 Å². The summed E-state index contributed by atoms with van der Waals surface area (Å²) >= 11 is 0. The molecule has 1 N–H and O–H groups in total. The molecule has 7 heteroatoms. The second-order valence-electron chi connectivity index (χ2n) is 8.10. The topological polar surface area (TPSA) is 89.2 Å². The van der Waals surface area contributed by atoms with Crippen molar-refractivity contribution in [3.05, 3.63) is 88.9 Å². The van der Waals surface area contributed by atoms with E-state index in [-0.39, 0.29) is 17.9 Å². The monoisotopic (exact) mass is 461 g/mol. The predicted molar refractivity (Wildman–Crippen MR) is 127 cm³/mol. The summed E-state index contributed by atoms with van der Waals surface area (Å²) in [6.45, 7) is 4.55. The summed E-state index contributed by atoms with van der Waals surface area (Å²) in [7, 11) is 1.58. The number of carbonyl (C=O) groups excluding carboxylic acids is 2. The van der Waals surface area contributed by atoms with Crippen molar-refractivity contribution in [3.8, 4) is 11.5 Å². The summed E-state index contributed by atoms with van der Waals surface area (Å²) in [6.07, 6.45) is 0.877. The highest BCUT2D eigenvalue weighted by atomic mass is 16.5. The van der Waals surface area contributed by atoms with E-state index in [1.54, 1.807) is 62.6 Å². The summed E-state index contributed by atoms with van der Waals surface area (Å²) < 4.78 is 16.6. The molecule has 1 saturated heterocycles. The van der Waals surface area contributed by atoms with Crippen LogP contribution in [0, 0.1) is 6.92 Å². The van der Waals surface area contributed by atoms with Gasteiger partial charge < -0.3 is 23.9 Å². The molecular formula is C27H27NO6. The molecule has 34 heavy (non-hydrogen) atoms. The number of amides is 1. The van der Waals surface area contributed by atoms with Crippen molar-refractivity contribution in [1.82, 2.24) is 4.90 Å². The molecule has 176 valence electrons. The lowest BCUT2D eigenvalue weighted by molar-refractivity contribution is -0.140. The third-order valence-electron chi connectivity index (χ3n) is 5.68. The summed E-state index contributed by atoms with van der Waals surface area (Å²) in [5.74, 6) is 0.705. The van der Waals surface area contributed by atoms with E-state index in [0.717, 1.165) is 12.0 Å². The average molecular weight is 462 g/mol. The lowest BCUT2D eigenvalue weighted by Crippen LogP contribution is -2.29. The zero-order valence-electron chi connectivity index (χ0n) is 19.4. The van der Waals surface area contributed by atoms with Crippen LogP contribution in [0.4, 0.5) is 0 Å². The van der Waals surface area contributed by atoms with Crippen LogP contribution < -0.4 is 9.47 Å². The van der Waals surface area contributed by atoms with E-state index in [0.29, 0.717) is 35.2 Å². The normalized spacial score (nSPS) is 17.3. The van der Waals surface area contributed by atoms with Crippen molar-refractivity contribution >= 4 is 17.4 Å². The maximum absolute atomic E-state index is 13.1. The van der Waals surface area contributed by atoms with Gasteiger partial charge in [0.15, 0.2) is 0 Å². The first-order valence-electron chi connectivity index (χ1n) is 11.1. The van der Waals surface area contributed by atoms with Gasteiger partial charge in [0.05, 0.1) is 19.3 Å². The van der Waals surface area contributed by atoms with E-state index in [1.807, 2.05) is 19.1 Å². The molecule has 0 bridgehead atoms. The number of aliphatic hydroxyl groups excluding tert-OH is 1. The van der Waals surface area contributed by atoms with Crippen molar-refractivity contribution in [2.24, 2.45) is 0 Å². The second kappa shape index (κ2) is 9.87. The number of ketones is 1. The first-order valence-corrected chi connectivity index (χ1v) is 11.1. The number of hydrogen-bond acceptors (Lipinski definition) is 6. The number of ether oxygens (including phenoxy) is 2. The molecule has 0 aliphatic carbocycles. The molecule has 1 aliphatic rings. The quantitative estimate of drug-likeness (QED) is 0.288. The van der Waals surface area contributed by atoms with Gasteiger partial charge in [-0.05, 0) is 67.4 Å². The maximum atomic E-state index is 13.1. The Balaban J connectivity index is 1.74. The zero-order valence-corrected chi connectivity index (χ0v) is 19.4. The van der Waals surface area contributed by atoms with Gasteiger partial charge in [0, 0.05) is 12.1 Å². The smallest absolute Gasteiger partial charge is 0.296 e. The summed E-state index contributed by atoms with van der Waals surface area (Å²) in [6, 6.07) is 16.7. The van der Waals surface area contributed by atoms with Crippen molar-refractivity contribution < 1.29 is 28.6 Å². The maximum Gasteiger partial charge on any atom is 0.296 e. The van der Waals surface area contributed by atoms with Crippen LogP contribution in [0.2, 0.25) is 0 Å². The molecule has 3 aromatic rings. The molecular weight excluding hydrogens is 434 g/mol. The summed E-state index contributed by atoms with van der Waals surface area (Å²) in [4.78, 5) is 27.6. The number of likely N-dealkylation sites (tertiary alicyclic amines) is 1. The first kappa shape index (κ1) is 23.2. The Morgan fingerprint density at radius 1 is 1.00 bits per heavy atom. The third-order valence-corrected chi connectivity index (χ3v) is 5.68. The molecule has 2 aromatic carbocycles. The van der Waals surface area contributed by atoms with E-state index in [4.69, 9.17) is 13.9 Å². The first-order chi connectivity index (χ1) is 16.4. The van der Waals surface area contributed by atoms with Crippen LogP contribution in [-0.4, -0.2) is 35.4 Å². The molecule has 1 amide bonds. The molecule has 1 aromatic heterocycles. The van der Waals surface area contributed by atoms with Crippen molar-refractivity contribution in [2.45, 2.75) is 32.9 Å². The van der Waals surface area contributed by atoms with Gasteiger partial charge in [-0.2, -0.15) is 0 Å². The molecule has 1 fully saturated rings. The molecule has 0 radical (unpaired) electrons. The molecule has 7 nitrogen and oxygen atoms in total. The SMILES string of the molecule is CCCOc1ccc(/C(O)=C2/C(=O)C(=O)N(Cc3ccc(OC)cc3)C2c2ccc(C)o2)cc1. The van der Waals surface area contributed by atoms with E-state index in [1.165, 1.54) is 4.90 Å². The minimum atomic E-state index is -0.855. The zero-order chi connectivity index (χ0) is 24.2. The Morgan fingerprint density at radius 2 is 1.68 bits per heavy atom. The van der Waals surface area contributed by atoms with Crippen LogP contribution in [0.25, 0.3) is 5.76 Å². The standard InChI is InChI=1S/C27H27NO6/c1-4-15-33-21-12-8-19(9-13-21)25(29)23-24(22-14-5-17(2)34-22)28(27(31)26(23)30)16-18-6-10-20(32-3)11-7-18/h5-14,24,29H,4,15-16H2,1-3H3/b25-23-. The lowest BCUT2D eigenvalue weighted by Gasteiger charge is -2.23. The molecule has 4 rings (SSSR count). The molecule has 0 spiro atoms. The van der Waals surface area contributed by atoms with Gasteiger partial charge in [0.2, 0.25) is 0 Å². The number of nitrogens with zero attached hydrogens (tertiary/aromatic N) is 1. The van der Waals surface area contributed by atoms with Gasteiger partial charge in [-0.3, -0.25) is 9.59 Å². The second-order valence-corrected chi connectivity index (χ2v) is 8.10. The van der Waals surface area contributed by atoms with Crippen LogP contribution in [-0.2, 0) is 16.1 Å². The number of rotatable bonds is 8. The highest BCUT2D eigenvalue weighted by Crippen LogP contribution is 2.41. The molecule has 0 saturated carbocycles. The number of benzene rings is 2. The molecule has 1 aliphatic heterocycles. The summed E-state index contributed by atoms with van der Waals surface area (Å²) in [5, 5.41) is 11.1. The lowest BCUT2D eigenvalue weighted by atomic mass is 9.99. The Bertz CT molecular complexity index is 1210. The average Bonchev–Trinajstić information content (AvgIpc) is 3.39. The van der Waals surface area contributed by atoms with E-state index >= 15 is 0 Å². The van der Waals surface area contributed by atoms with Crippen LogP contribution in [0.1, 0.15) is 42.0 Å². The van der Waals surface area contributed by atoms with Crippen LogP contribution in [0.3, 0.4) is 0 Å². The Labute approximate surface area is 198 Å². The Kier molecular flexibility index (Phi) is 6.72. The number of methoxy groups -OCH3 is 1. The fourth-order valence-corrected chi connectivity index (χ4v) is 3.95. The number of aryl methyl sites for hydroxylation is 1. The van der Waals surface area contributed by atoms with E-state index in [2.05, 4.69) is 0 Å². The Morgan fingerprint density at radius 3 is 2.26 bits per heavy atom. The Hall–Kier alpha value is -4.00.